The lowest BCUT2D eigenvalue weighted by Gasteiger charge is -2.34. The van der Waals surface area contributed by atoms with Crippen LogP contribution >= 0.6 is 11.3 Å². The van der Waals surface area contributed by atoms with Gasteiger partial charge in [-0.05, 0) is 44.9 Å². The number of carbonyl (C=O) groups is 1. The van der Waals surface area contributed by atoms with Gasteiger partial charge in [0.25, 0.3) is 0 Å². The molecule has 1 aromatic heterocycles. The molecule has 1 fully saturated rings. The Balaban J connectivity index is 1.23. The molecule has 0 aliphatic carbocycles. The Morgan fingerprint density at radius 2 is 1.74 bits per heavy atom. The standard InChI is InChI=1S/C29H35N5O3S/c1-3-36-25-18-23-24(19-26(25)37-4-2)32-27(35)20-31-28(23)22-9-7-21(8-10-22)6-5-12-33-13-15-34(16-14-33)29-30-11-17-38-29/h7-11,17-19H,3-6,12-16,20H2,1-2H3,(H,32,35). The zero-order chi connectivity index (χ0) is 26.3. The van der Waals surface area contributed by atoms with Gasteiger partial charge in [0.1, 0.15) is 6.54 Å². The largest absolute Gasteiger partial charge is 0.490 e. The van der Waals surface area contributed by atoms with Gasteiger partial charge in [0.2, 0.25) is 5.91 Å². The molecule has 2 aliphatic rings. The number of benzodiazepines with no additional fused rings is 1. The lowest BCUT2D eigenvalue weighted by atomic mass is 9.98. The van der Waals surface area contributed by atoms with Crippen molar-refractivity contribution >= 4 is 33.8 Å². The van der Waals surface area contributed by atoms with Crippen molar-refractivity contribution in [3.63, 3.8) is 0 Å². The van der Waals surface area contributed by atoms with Crippen LogP contribution in [0.2, 0.25) is 0 Å². The van der Waals surface area contributed by atoms with Gasteiger partial charge in [0.05, 0.1) is 24.6 Å². The number of aryl methyl sites for hydroxylation is 1. The van der Waals surface area contributed by atoms with Gasteiger partial charge in [-0.3, -0.25) is 14.7 Å². The molecule has 9 heteroatoms. The van der Waals surface area contributed by atoms with Gasteiger partial charge in [-0.25, -0.2) is 4.98 Å². The van der Waals surface area contributed by atoms with Gasteiger partial charge in [-0.2, -0.15) is 0 Å². The Morgan fingerprint density at radius 3 is 2.42 bits per heavy atom. The molecule has 0 spiro atoms. The molecule has 1 amide bonds. The molecule has 0 atom stereocenters. The van der Waals surface area contributed by atoms with E-state index in [4.69, 9.17) is 9.47 Å². The fourth-order valence-corrected chi connectivity index (χ4v) is 5.64. The minimum atomic E-state index is -0.142. The Labute approximate surface area is 228 Å². The second-order valence-electron chi connectivity index (χ2n) is 9.37. The molecular weight excluding hydrogens is 498 g/mol. The van der Waals surface area contributed by atoms with E-state index in [9.17, 15) is 4.79 Å². The highest BCUT2D eigenvalue weighted by atomic mass is 32.1. The quantitative estimate of drug-likeness (QED) is 0.414. The van der Waals surface area contributed by atoms with Gasteiger partial charge in [-0.15, -0.1) is 11.3 Å². The number of nitrogens with one attached hydrogen (secondary N) is 1. The molecule has 200 valence electrons. The van der Waals surface area contributed by atoms with Gasteiger partial charge < -0.3 is 19.7 Å². The van der Waals surface area contributed by atoms with Crippen molar-refractivity contribution in [1.29, 1.82) is 0 Å². The van der Waals surface area contributed by atoms with E-state index in [0.29, 0.717) is 30.4 Å². The van der Waals surface area contributed by atoms with E-state index >= 15 is 0 Å². The average Bonchev–Trinajstić information content (AvgIpc) is 3.42. The normalized spacial score (nSPS) is 15.9. The van der Waals surface area contributed by atoms with Crippen molar-refractivity contribution in [1.82, 2.24) is 9.88 Å². The topological polar surface area (TPSA) is 79.3 Å². The monoisotopic (exact) mass is 533 g/mol. The van der Waals surface area contributed by atoms with Crippen molar-refractivity contribution in [2.45, 2.75) is 26.7 Å². The second kappa shape index (κ2) is 12.4. The molecule has 38 heavy (non-hydrogen) atoms. The van der Waals surface area contributed by atoms with Crippen LogP contribution in [0.15, 0.2) is 53.0 Å². The molecule has 0 bridgehead atoms. The highest BCUT2D eigenvalue weighted by molar-refractivity contribution is 7.13. The van der Waals surface area contributed by atoms with Crippen molar-refractivity contribution in [3.05, 3.63) is 64.7 Å². The van der Waals surface area contributed by atoms with Gasteiger partial charge in [0.15, 0.2) is 16.6 Å². The zero-order valence-electron chi connectivity index (χ0n) is 22.1. The number of aromatic nitrogens is 1. The molecule has 5 rings (SSSR count). The van der Waals surface area contributed by atoms with Crippen LogP contribution in [0.3, 0.4) is 0 Å². The van der Waals surface area contributed by atoms with E-state index < -0.39 is 0 Å². The van der Waals surface area contributed by atoms with Crippen molar-refractivity contribution < 1.29 is 14.3 Å². The van der Waals surface area contributed by atoms with Crippen molar-refractivity contribution in [3.8, 4) is 11.5 Å². The van der Waals surface area contributed by atoms with Gasteiger partial charge >= 0.3 is 0 Å². The average molecular weight is 534 g/mol. The highest BCUT2D eigenvalue weighted by Crippen LogP contribution is 2.36. The molecule has 3 heterocycles. The summed E-state index contributed by atoms with van der Waals surface area (Å²) in [6.45, 7) is 10.3. The number of thiazole rings is 1. The number of hydrogen-bond acceptors (Lipinski definition) is 8. The molecule has 2 aromatic carbocycles. The number of benzene rings is 2. The number of nitrogens with zero attached hydrogens (tertiary/aromatic N) is 4. The minimum Gasteiger partial charge on any atom is -0.490 e. The van der Waals surface area contributed by atoms with E-state index in [1.165, 1.54) is 5.56 Å². The number of carbonyl (C=O) groups excluding carboxylic acids is 1. The van der Waals surface area contributed by atoms with Crippen LogP contribution in [0, 0.1) is 0 Å². The van der Waals surface area contributed by atoms with Crippen LogP contribution in [-0.4, -0.2) is 74.0 Å². The van der Waals surface area contributed by atoms with Crippen LogP contribution in [0.1, 0.15) is 37.0 Å². The van der Waals surface area contributed by atoms with E-state index in [0.717, 1.165) is 67.5 Å². The van der Waals surface area contributed by atoms with E-state index in [1.807, 2.05) is 37.6 Å². The first-order valence-corrected chi connectivity index (χ1v) is 14.3. The van der Waals surface area contributed by atoms with Gasteiger partial charge in [-0.1, -0.05) is 24.3 Å². The predicted molar refractivity (Wildman–Crippen MR) is 153 cm³/mol. The summed E-state index contributed by atoms with van der Waals surface area (Å²) < 4.78 is 11.6. The number of piperazine rings is 1. The molecule has 0 unspecified atom stereocenters. The number of aliphatic imine (C=N–C) groups is 1. The van der Waals surface area contributed by atoms with Crippen LogP contribution < -0.4 is 19.7 Å². The summed E-state index contributed by atoms with van der Waals surface area (Å²) in [5, 5.41) is 6.15. The third kappa shape index (κ3) is 6.16. The number of amides is 1. The summed E-state index contributed by atoms with van der Waals surface area (Å²) in [5.41, 5.74) is 4.61. The minimum absolute atomic E-state index is 0.0789. The predicted octanol–water partition coefficient (Wildman–Crippen LogP) is 4.48. The third-order valence-corrected chi connectivity index (χ3v) is 7.66. The summed E-state index contributed by atoms with van der Waals surface area (Å²) in [6.07, 6.45) is 4.03. The fourth-order valence-electron chi connectivity index (χ4n) is 4.94. The Kier molecular flexibility index (Phi) is 8.55. The Hall–Kier alpha value is -3.43. The van der Waals surface area contributed by atoms with Gasteiger partial charge in [0, 0.05) is 54.9 Å². The van der Waals surface area contributed by atoms with E-state index in [2.05, 4.69) is 49.4 Å². The van der Waals surface area contributed by atoms with Crippen molar-refractivity contribution in [2.75, 3.05) is 62.7 Å². The zero-order valence-corrected chi connectivity index (χ0v) is 22.9. The third-order valence-electron chi connectivity index (χ3n) is 6.82. The number of anilines is 2. The SMILES string of the molecule is CCOc1cc2c(cc1OCC)C(c1ccc(CCCN3CCN(c4nccs4)CC3)cc1)=NCC(=O)N2. The number of hydrogen-bond donors (Lipinski definition) is 1. The number of ether oxygens (including phenoxy) is 2. The van der Waals surface area contributed by atoms with Crippen LogP contribution in [0.25, 0.3) is 0 Å². The fraction of sp³-hybridized carbons (Fsp3) is 0.414. The first-order valence-electron chi connectivity index (χ1n) is 13.4. The molecular formula is C29H35N5O3S. The molecule has 1 saturated heterocycles. The molecule has 0 radical (unpaired) electrons. The van der Waals surface area contributed by atoms with Crippen LogP contribution in [0.5, 0.6) is 11.5 Å². The Bertz CT molecular complexity index is 1250. The van der Waals surface area contributed by atoms with Crippen LogP contribution in [-0.2, 0) is 11.2 Å². The maximum absolute atomic E-state index is 12.4. The number of fused-ring (bicyclic) bond motifs is 1. The molecule has 1 N–H and O–H groups in total. The first-order chi connectivity index (χ1) is 18.6. The summed E-state index contributed by atoms with van der Waals surface area (Å²) >= 11 is 1.72. The van der Waals surface area contributed by atoms with E-state index in [-0.39, 0.29) is 12.5 Å². The first kappa shape index (κ1) is 26.2. The molecule has 2 aliphatic heterocycles. The maximum Gasteiger partial charge on any atom is 0.246 e. The van der Waals surface area contributed by atoms with E-state index in [1.54, 1.807) is 11.3 Å². The van der Waals surface area contributed by atoms with Crippen LogP contribution in [0.4, 0.5) is 10.8 Å². The summed E-state index contributed by atoms with van der Waals surface area (Å²) in [5.74, 6) is 1.13. The second-order valence-corrected chi connectivity index (χ2v) is 10.2. The van der Waals surface area contributed by atoms with Crippen molar-refractivity contribution in [2.24, 2.45) is 4.99 Å². The highest BCUT2D eigenvalue weighted by Gasteiger charge is 2.22. The molecule has 0 saturated carbocycles. The summed E-state index contributed by atoms with van der Waals surface area (Å²) in [6, 6.07) is 12.3. The summed E-state index contributed by atoms with van der Waals surface area (Å²) in [4.78, 5) is 26.4. The Morgan fingerprint density at radius 1 is 1.00 bits per heavy atom. The summed E-state index contributed by atoms with van der Waals surface area (Å²) in [7, 11) is 0. The molecule has 3 aromatic rings. The number of rotatable bonds is 10. The molecule has 8 nitrogen and oxygen atoms in total. The lowest BCUT2D eigenvalue weighted by molar-refractivity contribution is -0.114. The smallest absolute Gasteiger partial charge is 0.246 e. The maximum atomic E-state index is 12.4. The lowest BCUT2D eigenvalue weighted by Crippen LogP contribution is -2.46.